The van der Waals surface area contributed by atoms with Crippen LogP contribution in [-0.2, 0) is 0 Å². The van der Waals surface area contributed by atoms with Crippen molar-refractivity contribution in [2.75, 3.05) is 0 Å². The lowest BCUT2D eigenvalue weighted by atomic mass is 9.98. The minimum absolute atomic E-state index is 0.110. The third-order valence-electron chi connectivity index (χ3n) is 4.48. The molecule has 1 aromatic heterocycles. The number of benzene rings is 3. The number of nitrogens with zero attached hydrogens (tertiary/aromatic N) is 2. The van der Waals surface area contributed by atoms with Crippen LogP contribution in [0.3, 0.4) is 0 Å². The molecule has 4 nitrogen and oxygen atoms in total. The van der Waals surface area contributed by atoms with Crippen molar-refractivity contribution in [1.82, 2.24) is 0 Å². The molecule has 0 atom stereocenters. The summed E-state index contributed by atoms with van der Waals surface area (Å²) in [6, 6.07) is 24.2. The second kappa shape index (κ2) is 8.46. The van der Waals surface area contributed by atoms with Crippen molar-refractivity contribution in [1.29, 1.82) is 5.26 Å². The minimum Gasteiger partial charge on any atom is -0.506 e. The van der Waals surface area contributed by atoms with Crippen LogP contribution in [0.15, 0.2) is 82.2 Å². The van der Waals surface area contributed by atoms with Gasteiger partial charge in [-0.1, -0.05) is 83.9 Å². The van der Waals surface area contributed by atoms with Gasteiger partial charge in [0.1, 0.15) is 23.1 Å². The first-order chi connectivity index (χ1) is 14.6. The molecule has 1 N–H and O–H groups in total. The maximum absolute atomic E-state index is 10.2. The number of nitriles is 1. The van der Waals surface area contributed by atoms with Crippen molar-refractivity contribution >= 4 is 35.3 Å². The van der Waals surface area contributed by atoms with Crippen molar-refractivity contribution in [2.45, 2.75) is 0 Å². The molecular formula is C24H14Cl2N2O2. The van der Waals surface area contributed by atoms with E-state index in [4.69, 9.17) is 27.6 Å². The van der Waals surface area contributed by atoms with Crippen LogP contribution in [0.25, 0.3) is 22.5 Å². The molecule has 0 saturated heterocycles. The van der Waals surface area contributed by atoms with Gasteiger partial charge < -0.3 is 9.52 Å². The Morgan fingerprint density at radius 1 is 0.933 bits per heavy atom. The maximum atomic E-state index is 10.2. The van der Waals surface area contributed by atoms with Gasteiger partial charge in [0.2, 0.25) is 5.88 Å². The summed E-state index contributed by atoms with van der Waals surface area (Å²) in [5.74, 6) is 0.519. The summed E-state index contributed by atoms with van der Waals surface area (Å²) >= 11 is 12.0. The predicted molar refractivity (Wildman–Crippen MR) is 120 cm³/mol. The molecule has 0 amide bonds. The van der Waals surface area contributed by atoms with E-state index >= 15 is 0 Å². The van der Waals surface area contributed by atoms with E-state index in [1.54, 1.807) is 0 Å². The van der Waals surface area contributed by atoms with Gasteiger partial charge in [-0.05, 0) is 17.7 Å². The summed E-state index contributed by atoms with van der Waals surface area (Å²) in [4.78, 5) is 4.33. The van der Waals surface area contributed by atoms with Crippen molar-refractivity contribution in [3.05, 3.63) is 94.0 Å². The van der Waals surface area contributed by atoms with E-state index in [0.717, 1.165) is 11.1 Å². The van der Waals surface area contributed by atoms with Gasteiger partial charge in [0.25, 0.3) is 0 Å². The third-order valence-corrected chi connectivity index (χ3v) is 4.98. The van der Waals surface area contributed by atoms with Crippen LogP contribution in [0, 0.1) is 11.3 Å². The Hall–Kier alpha value is -3.52. The Balaban J connectivity index is 1.90. The second-order valence-electron chi connectivity index (χ2n) is 6.41. The normalized spacial score (nSPS) is 11.0. The topological polar surface area (TPSA) is 69.5 Å². The number of phenols is 1. The van der Waals surface area contributed by atoms with E-state index in [1.807, 2.05) is 60.7 Å². The van der Waals surface area contributed by atoms with E-state index in [9.17, 15) is 10.4 Å². The first-order valence-electron chi connectivity index (χ1n) is 8.98. The molecule has 6 heteroatoms. The first kappa shape index (κ1) is 19.8. The van der Waals surface area contributed by atoms with Gasteiger partial charge in [0, 0.05) is 27.9 Å². The summed E-state index contributed by atoms with van der Waals surface area (Å²) in [5.41, 5.74) is 2.93. The Bertz CT molecular complexity index is 1270. The molecule has 3 aromatic carbocycles. The number of halogens is 2. The summed E-state index contributed by atoms with van der Waals surface area (Å²) in [7, 11) is 0. The molecule has 4 rings (SSSR count). The third kappa shape index (κ3) is 3.81. The molecule has 0 spiro atoms. The summed E-state index contributed by atoms with van der Waals surface area (Å²) < 4.78 is 6.03. The van der Waals surface area contributed by atoms with Crippen molar-refractivity contribution < 1.29 is 9.52 Å². The van der Waals surface area contributed by atoms with Crippen LogP contribution >= 0.6 is 23.2 Å². The Morgan fingerprint density at radius 3 is 2.20 bits per heavy atom. The van der Waals surface area contributed by atoms with Crippen LogP contribution < -0.4 is 0 Å². The second-order valence-corrected chi connectivity index (χ2v) is 7.26. The van der Waals surface area contributed by atoms with Crippen LogP contribution in [-0.4, -0.2) is 11.3 Å². The number of hydrogen-bond donors (Lipinski definition) is 1. The fraction of sp³-hybridized carbons (Fsp3) is 0. The lowest BCUT2D eigenvalue weighted by molar-refractivity contribution is 0.475. The van der Waals surface area contributed by atoms with Gasteiger partial charge in [0.05, 0.1) is 5.02 Å². The SMILES string of the molecule is N#Cc1c(/N=C/c2cc(Cl)cc(Cl)c2O)oc(-c2ccccc2)c1-c1ccccc1. The largest absolute Gasteiger partial charge is 0.506 e. The summed E-state index contributed by atoms with van der Waals surface area (Å²) in [6.45, 7) is 0. The van der Waals surface area contributed by atoms with E-state index in [-0.39, 0.29) is 16.7 Å². The molecule has 0 aliphatic heterocycles. The highest BCUT2D eigenvalue weighted by atomic mass is 35.5. The van der Waals surface area contributed by atoms with Crippen LogP contribution in [0.1, 0.15) is 11.1 Å². The van der Waals surface area contributed by atoms with Crippen molar-refractivity contribution in [2.24, 2.45) is 4.99 Å². The van der Waals surface area contributed by atoms with Gasteiger partial charge >= 0.3 is 0 Å². The zero-order valence-corrected chi connectivity index (χ0v) is 17.0. The number of phenolic OH excluding ortho intramolecular Hbond substituents is 1. The summed E-state index contributed by atoms with van der Waals surface area (Å²) in [5, 5.41) is 20.5. The molecule has 0 unspecified atom stereocenters. The molecule has 0 aliphatic rings. The number of aliphatic imine (C=N–C) groups is 1. The molecule has 0 fully saturated rings. The van der Waals surface area contributed by atoms with Gasteiger partial charge in [-0.25, -0.2) is 4.99 Å². The van der Waals surface area contributed by atoms with Gasteiger partial charge in [-0.2, -0.15) is 5.26 Å². The van der Waals surface area contributed by atoms with Crippen LogP contribution in [0.2, 0.25) is 10.0 Å². The highest BCUT2D eigenvalue weighted by Crippen LogP contribution is 2.42. The smallest absolute Gasteiger partial charge is 0.238 e. The first-order valence-corrected chi connectivity index (χ1v) is 9.74. The average Bonchev–Trinajstić information content (AvgIpc) is 3.15. The van der Waals surface area contributed by atoms with Gasteiger partial charge in [0.15, 0.2) is 0 Å². The monoisotopic (exact) mass is 432 g/mol. The zero-order valence-electron chi connectivity index (χ0n) is 15.5. The number of hydrogen-bond acceptors (Lipinski definition) is 4. The maximum Gasteiger partial charge on any atom is 0.238 e. The quantitative estimate of drug-likeness (QED) is 0.345. The number of aromatic hydroxyl groups is 1. The van der Waals surface area contributed by atoms with E-state index in [2.05, 4.69) is 11.1 Å². The lowest BCUT2D eigenvalue weighted by Gasteiger charge is -2.03. The van der Waals surface area contributed by atoms with Gasteiger partial charge in [-0.15, -0.1) is 0 Å². The van der Waals surface area contributed by atoms with Crippen LogP contribution in [0.5, 0.6) is 5.75 Å². The molecule has 0 radical (unpaired) electrons. The van der Waals surface area contributed by atoms with Crippen molar-refractivity contribution in [3.8, 4) is 34.3 Å². The highest BCUT2D eigenvalue weighted by molar-refractivity contribution is 6.36. The Morgan fingerprint density at radius 2 is 1.57 bits per heavy atom. The molecule has 0 bridgehead atoms. The molecular weight excluding hydrogens is 419 g/mol. The van der Waals surface area contributed by atoms with Gasteiger partial charge in [-0.3, -0.25) is 0 Å². The highest BCUT2D eigenvalue weighted by Gasteiger charge is 2.22. The average molecular weight is 433 g/mol. The fourth-order valence-electron chi connectivity index (χ4n) is 3.10. The number of furan rings is 1. The zero-order chi connectivity index (χ0) is 21.1. The minimum atomic E-state index is -0.151. The molecule has 4 aromatic rings. The number of rotatable bonds is 4. The van der Waals surface area contributed by atoms with E-state index in [1.165, 1.54) is 18.3 Å². The van der Waals surface area contributed by atoms with E-state index < -0.39 is 0 Å². The molecule has 0 saturated carbocycles. The summed E-state index contributed by atoms with van der Waals surface area (Å²) in [6.07, 6.45) is 1.37. The standard InChI is InChI=1S/C24H14Cl2N2O2/c25-18-11-17(22(29)20(26)12-18)14-28-24-19(13-27)21(15-7-3-1-4-8-15)23(30-24)16-9-5-2-6-10-16/h1-12,14,29H/b28-14+. The Kier molecular flexibility index (Phi) is 5.58. The Labute approximate surface area is 183 Å². The molecule has 146 valence electrons. The van der Waals surface area contributed by atoms with E-state index in [0.29, 0.717) is 27.5 Å². The lowest BCUT2D eigenvalue weighted by Crippen LogP contribution is -1.85. The fourth-order valence-corrected chi connectivity index (χ4v) is 3.61. The molecule has 0 aliphatic carbocycles. The predicted octanol–water partition coefficient (Wildman–Crippen LogP) is 7.25. The van der Waals surface area contributed by atoms with Crippen LogP contribution in [0.4, 0.5) is 5.88 Å². The molecule has 1 heterocycles. The molecule has 30 heavy (non-hydrogen) atoms. The van der Waals surface area contributed by atoms with Crippen molar-refractivity contribution in [3.63, 3.8) is 0 Å².